The zero-order chi connectivity index (χ0) is 18.8. The average molecular weight is 361 g/mol. The van der Waals surface area contributed by atoms with Crippen LogP contribution in [0.3, 0.4) is 0 Å². The Bertz CT molecular complexity index is 986. The number of pyridine rings is 1. The SMILES string of the molecule is Cc1[nH]c2c(C)cccc2c(=O)c1CN1CCN(Cc2ccccc2)CC1. The molecule has 0 saturated carbocycles. The first-order valence-corrected chi connectivity index (χ1v) is 9.71. The van der Waals surface area contributed by atoms with Crippen molar-refractivity contribution in [1.29, 1.82) is 0 Å². The number of hydrogen-bond donors (Lipinski definition) is 1. The Labute approximate surface area is 160 Å². The molecule has 0 spiro atoms. The first-order chi connectivity index (χ1) is 13.1. The summed E-state index contributed by atoms with van der Waals surface area (Å²) < 4.78 is 0. The molecule has 4 rings (SSSR count). The molecule has 1 saturated heterocycles. The van der Waals surface area contributed by atoms with Gasteiger partial charge in [-0.25, -0.2) is 0 Å². The molecule has 2 heterocycles. The van der Waals surface area contributed by atoms with Gasteiger partial charge >= 0.3 is 0 Å². The third-order valence-corrected chi connectivity index (χ3v) is 5.65. The predicted molar refractivity (Wildman–Crippen MR) is 111 cm³/mol. The van der Waals surface area contributed by atoms with Crippen molar-refractivity contribution < 1.29 is 0 Å². The molecule has 4 heteroatoms. The van der Waals surface area contributed by atoms with Gasteiger partial charge in [-0.1, -0.05) is 42.5 Å². The topological polar surface area (TPSA) is 39.3 Å². The summed E-state index contributed by atoms with van der Waals surface area (Å²) in [6.07, 6.45) is 0. The lowest BCUT2D eigenvalue weighted by molar-refractivity contribution is 0.121. The maximum atomic E-state index is 13.0. The second kappa shape index (κ2) is 7.67. The van der Waals surface area contributed by atoms with Crippen molar-refractivity contribution in [1.82, 2.24) is 14.8 Å². The monoisotopic (exact) mass is 361 g/mol. The highest BCUT2D eigenvalue weighted by molar-refractivity contribution is 5.82. The van der Waals surface area contributed by atoms with Crippen LogP contribution in [0.1, 0.15) is 22.4 Å². The van der Waals surface area contributed by atoms with E-state index in [1.165, 1.54) is 5.56 Å². The van der Waals surface area contributed by atoms with E-state index < -0.39 is 0 Å². The summed E-state index contributed by atoms with van der Waals surface area (Å²) in [7, 11) is 0. The van der Waals surface area contributed by atoms with Crippen LogP contribution < -0.4 is 5.43 Å². The van der Waals surface area contributed by atoms with Gasteiger partial charge in [0.2, 0.25) is 0 Å². The Hall–Kier alpha value is -2.43. The number of nitrogens with one attached hydrogen (secondary N) is 1. The second-order valence-corrected chi connectivity index (χ2v) is 7.59. The van der Waals surface area contributed by atoms with Crippen molar-refractivity contribution in [2.75, 3.05) is 26.2 Å². The number of aryl methyl sites for hydroxylation is 2. The molecule has 4 nitrogen and oxygen atoms in total. The van der Waals surface area contributed by atoms with E-state index >= 15 is 0 Å². The van der Waals surface area contributed by atoms with Gasteiger partial charge in [0.25, 0.3) is 0 Å². The number of para-hydroxylation sites is 1. The molecule has 0 atom stereocenters. The smallest absolute Gasteiger partial charge is 0.194 e. The maximum Gasteiger partial charge on any atom is 0.194 e. The van der Waals surface area contributed by atoms with Gasteiger partial charge in [-0.3, -0.25) is 14.6 Å². The molecule has 1 aromatic heterocycles. The van der Waals surface area contributed by atoms with Gasteiger partial charge in [0.15, 0.2) is 5.43 Å². The second-order valence-electron chi connectivity index (χ2n) is 7.59. The number of nitrogens with zero attached hydrogens (tertiary/aromatic N) is 2. The summed E-state index contributed by atoms with van der Waals surface area (Å²) in [5.41, 5.74) is 5.53. The Morgan fingerprint density at radius 1 is 0.852 bits per heavy atom. The van der Waals surface area contributed by atoms with E-state index in [-0.39, 0.29) is 5.43 Å². The minimum atomic E-state index is 0.177. The van der Waals surface area contributed by atoms with Crippen LogP contribution in [0.2, 0.25) is 0 Å². The van der Waals surface area contributed by atoms with Crippen molar-refractivity contribution in [2.45, 2.75) is 26.9 Å². The highest BCUT2D eigenvalue weighted by Gasteiger charge is 2.19. The summed E-state index contributed by atoms with van der Waals surface area (Å²) in [4.78, 5) is 21.4. The van der Waals surface area contributed by atoms with Crippen LogP contribution >= 0.6 is 0 Å². The van der Waals surface area contributed by atoms with E-state index in [9.17, 15) is 4.79 Å². The molecule has 0 unspecified atom stereocenters. The lowest BCUT2D eigenvalue weighted by Gasteiger charge is -2.34. The number of rotatable bonds is 4. The van der Waals surface area contributed by atoms with Crippen molar-refractivity contribution in [3.05, 3.63) is 81.1 Å². The van der Waals surface area contributed by atoms with Gasteiger partial charge in [0.05, 0.1) is 5.52 Å². The first-order valence-electron chi connectivity index (χ1n) is 9.71. The zero-order valence-electron chi connectivity index (χ0n) is 16.2. The molecular formula is C23H27N3O. The molecule has 140 valence electrons. The number of benzene rings is 2. The summed E-state index contributed by atoms with van der Waals surface area (Å²) in [5, 5.41) is 0.804. The Kier molecular flexibility index (Phi) is 5.10. The summed E-state index contributed by atoms with van der Waals surface area (Å²) in [6.45, 7) is 9.87. The lowest BCUT2D eigenvalue weighted by Crippen LogP contribution is -2.46. The molecule has 1 fully saturated rings. The fourth-order valence-corrected chi connectivity index (χ4v) is 3.98. The minimum absolute atomic E-state index is 0.177. The van der Waals surface area contributed by atoms with Crippen LogP contribution in [-0.4, -0.2) is 41.0 Å². The number of fused-ring (bicyclic) bond motifs is 1. The van der Waals surface area contributed by atoms with Crippen molar-refractivity contribution in [3.8, 4) is 0 Å². The molecule has 1 aliphatic rings. The Balaban J connectivity index is 1.46. The minimum Gasteiger partial charge on any atom is -0.358 e. The average Bonchev–Trinajstić information content (AvgIpc) is 2.68. The molecule has 1 N–H and O–H groups in total. The van der Waals surface area contributed by atoms with Crippen molar-refractivity contribution in [3.63, 3.8) is 0 Å². The highest BCUT2D eigenvalue weighted by Crippen LogP contribution is 2.17. The zero-order valence-corrected chi connectivity index (χ0v) is 16.2. The van der Waals surface area contributed by atoms with Crippen LogP contribution in [-0.2, 0) is 13.1 Å². The third kappa shape index (κ3) is 3.82. The van der Waals surface area contributed by atoms with Gasteiger partial charge in [0.1, 0.15) is 0 Å². The largest absolute Gasteiger partial charge is 0.358 e. The molecule has 0 amide bonds. The standard InChI is InChI=1S/C23H27N3O/c1-17-7-6-10-20-22(17)24-18(2)21(23(20)27)16-26-13-11-25(12-14-26)15-19-8-4-3-5-9-19/h3-10H,11-16H2,1-2H3,(H,24,27). The van der Waals surface area contributed by atoms with Gasteiger partial charge in [-0.2, -0.15) is 0 Å². The predicted octanol–water partition coefficient (Wildman–Crippen LogP) is 3.46. The van der Waals surface area contributed by atoms with E-state index in [0.29, 0.717) is 0 Å². The van der Waals surface area contributed by atoms with E-state index in [0.717, 1.165) is 67.0 Å². The number of aromatic amines is 1. The fraction of sp³-hybridized carbons (Fsp3) is 0.348. The van der Waals surface area contributed by atoms with Crippen LogP contribution in [0.5, 0.6) is 0 Å². The van der Waals surface area contributed by atoms with Crippen LogP contribution in [0.25, 0.3) is 10.9 Å². The van der Waals surface area contributed by atoms with E-state index in [2.05, 4.69) is 45.1 Å². The molecular weight excluding hydrogens is 334 g/mol. The van der Waals surface area contributed by atoms with E-state index in [1.807, 2.05) is 32.0 Å². The molecule has 0 bridgehead atoms. The molecule has 0 aliphatic carbocycles. The molecule has 2 aromatic carbocycles. The number of hydrogen-bond acceptors (Lipinski definition) is 3. The highest BCUT2D eigenvalue weighted by atomic mass is 16.1. The van der Waals surface area contributed by atoms with Crippen molar-refractivity contribution in [2.24, 2.45) is 0 Å². The molecule has 3 aromatic rings. The number of piperazine rings is 1. The normalized spacial score (nSPS) is 16.1. The van der Waals surface area contributed by atoms with Gasteiger partial charge in [0, 0.05) is 55.9 Å². The van der Waals surface area contributed by atoms with E-state index in [4.69, 9.17) is 0 Å². The van der Waals surface area contributed by atoms with Gasteiger partial charge < -0.3 is 4.98 Å². The molecule has 1 aliphatic heterocycles. The quantitative estimate of drug-likeness (QED) is 0.773. The first kappa shape index (κ1) is 18.0. The van der Waals surface area contributed by atoms with Crippen LogP contribution in [0, 0.1) is 13.8 Å². The summed E-state index contributed by atoms with van der Waals surface area (Å²) in [6, 6.07) is 16.6. The molecule has 27 heavy (non-hydrogen) atoms. The Morgan fingerprint density at radius 2 is 1.52 bits per heavy atom. The fourth-order valence-electron chi connectivity index (χ4n) is 3.98. The number of aromatic nitrogens is 1. The van der Waals surface area contributed by atoms with Gasteiger partial charge in [-0.05, 0) is 31.0 Å². The van der Waals surface area contributed by atoms with Crippen LogP contribution in [0.15, 0.2) is 53.3 Å². The summed E-state index contributed by atoms with van der Waals surface area (Å²) >= 11 is 0. The van der Waals surface area contributed by atoms with Gasteiger partial charge in [-0.15, -0.1) is 0 Å². The third-order valence-electron chi connectivity index (χ3n) is 5.65. The van der Waals surface area contributed by atoms with Crippen molar-refractivity contribution >= 4 is 10.9 Å². The number of H-pyrrole nitrogens is 1. The van der Waals surface area contributed by atoms with E-state index in [1.54, 1.807) is 0 Å². The lowest BCUT2D eigenvalue weighted by atomic mass is 10.1. The summed E-state index contributed by atoms with van der Waals surface area (Å²) in [5.74, 6) is 0. The molecule has 0 radical (unpaired) electrons. The van der Waals surface area contributed by atoms with Crippen LogP contribution in [0.4, 0.5) is 0 Å². The maximum absolute atomic E-state index is 13.0. The Morgan fingerprint density at radius 3 is 2.22 bits per heavy atom.